The van der Waals surface area contributed by atoms with Crippen LogP contribution in [0.5, 0.6) is 0 Å². The summed E-state index contributed by atoms with van der Waals surface area (Å²) in [7, 11) is 0. The molecule has 2 fully saturated rings. The monoisotopic (exact) mass is 532 g/mol. The summed E-state index contributed by atoms with van der Waals surface area (Å²) in [6.45, 7) is 7.63. The summed E-state index contributed by atoms with van der Waals surface area (Å²) >= 11 is 2.04. The molecule has 3 rings (SSSR count). The Morgan fingerprint density at radius 2 is 2.03 bits per heavy atom. The van der Waals surface area contributed by atoms with Crippen molar-refractivity contribution in [3.05, 3.63) is 35.9 Å². The van der Waals surface area contributed by atoms with Crippen molar-refractivity contribution in [2.24, 2.45) is 4.99 Å². The van der Waals surface area contributed by atoms with E-state index in [9.17, 15) is 0 Å². The van der Waals surface area contributed by atoms with Crippen LogP contribution in [0.3, 0.4) is 0 Å². The van der Waals surface area contributed by atoms with Gasteiger partial charge in [0.25, 0.3) is 0 Å². The van der Waals surface area contributed by atoms with Gasteiger partial charge in [0.05, 0.1) is 6.54 Å². The zero-order valence-corrected chi connectivity index (χ0v) is 20.9. The Labute approximate surface area is 197 Å². The molecule has 0 aromatic heterocycles. The summed E-state index contributed by atoms with van der Waals surface area (Å²) in [5.74, 6) is 3.41. The first kappa shape index (κ1) is 24.8. The summed E-state index contributed by atoms with van der Waals surface area (Å²) in [4.78, 5) is 5.02. The molecule has 7 heteroatoms. The van der Waals surface area contributed by atoms with Gasteiger partial charge in [0.1, 0.15) is 0 Å². The Morgan fingerprint density at radius 1 is 1.28 bits per heavy atom. The number of rotatable bonds is 7. The van der Waals surface area contributed by atoms with Crippen molar-refractivity contribution in [3.8, 4) is 0 Å². The van der Waals surface area contributed by atoms with E-state index < -0.39 is 0 Å². The van der Waals surface area contributed by atoms with Crippen LogP contribution < -0.4 is 16.0 Å². The number of benzene rings is 1. The highest BCUT2D eigenvalue weighted by Crippen LogP contribution is 2.26. The molecular weight excluding hydrogens is 495 g/mol. The Bertz CT molecular complexity index is 604. The summed E-state index contributed by atoms with van der Waals surface area (Å²) < 4.78 is 5.67. The number of nitrogens with one attached hydrogen (secondary N) is 3. The number of thioether (sulfide) groups is 1. The van der Waals surface area contributed by atoms with Gasteiger partial charge in [-0.15, -0.1) is 24.0 Å². The van der Waals surface area contributed by atoms with Crippen LogP contribution in [0.1, 0.15) is 51.1 Å². The minimum atomic E-state index is -0.0167. The third kappa shape index (κ3) is 7.92. The van der Waals surface area contributed by atoms with Gasteiger partial charge >= 0.3 is 0 Å². The van der Waals surface area contributed by atoms with E-state index in [0.29, 0.717) is 12.1 Å². The second kappa shape index (κ2) is 13.0. The van der Waals surface area contributed by atoms with Crippen LogP contribution in [-0.4, -0.2) is 55.3 Å². The minimum Gasteiger partial charge on any atom is -0.381 e. The zero-order chi connectivity index (χ0) is 19.7. The fourth-order valence-electron chi connectivity index (χ4n) is 3.99. The molecule has 1 aromatic rings. The number of hydrogen-bond acceptors (Lipinski definition) is 4. The van der Waals surface area contributed by atoms with Crippen LogP contribution in [0.25, 0.3) is 0 Å². The van der Waals surface area contributed by atoms with Crippen molar-refractivity contribution in [2.75, 3.05) is 37.8 Å². The predicted molar refractivity (Wildman–Crippen MR) is 136 cm³/mol. The molecule has 2 heterocycles. The van der Waals surface area contributed by atoms with Crippen LogP contribution in [-0.2, 0) is 4.74 Å². The fourth-order valence-corrected chi connectivity index (χ4v) is 5.06. The average molecular weight is 533 g/mol. The molecule has 0 radical (unpaired) electrons. The lowest BCUT2D eigenvalue weighted by molar-refractivity contribution is 0.0374. The number of hydrogen-bond donors (Lipinski definition) is 3. The van der Waals surface area contributed by atoms with Crippen LogP contribution >= 0.6 is 35.7 Å². The lowest BCUT2D eigenvalue weighted by atomic mass is 9.88. The van der Waals surface area contributed by atoms with Gasteiger partial charge in [0.2, 0.25) is 0 Å². The van der Waals surface area contributed by atoms with Gasteiger partial charge in [-0.3, -0.25) is 4.99 Å². The third-order valence-electron chi connectivity index (χ3n) is 5.66. The maximum Gasteiger partial charge on any atom is 0.191 e. The second-order valence-electron chi connectivity index (χ2n) is 7.92. The molecule has 2 aliphatic rings. The quantitative estimate of drug-likeness (QED) is 0.282. The van der Waals surface area contributed by atoms with Gasteiger partial charge in [-0.25, -0.2) is 0 Å². The number of guanidine groups is 1. The summed E-state index contributed by atoms with van der Waals surface area (Å²) in [5, 5.41) is 11.0. The standard InChI is InChI=1S/C22H36N4OS.HI/c1-3-23-21(25-20-10-7-15-28-16-20)24-17-22(11-13-27-14-12-22)26-18(2)19-8-5-4-6-9-19;/h4-6,8-9,18,20,26H,3,7,10-17H2,1-2H3,(H2,23,24,25);1H. The first-order valence-electron chi connectivity index (χ1n) is 10.7. The molecule has 5 nitrogen and oxygen atoms in total. The van der Waals surface area contributed by atoms with Crippen molar-refractivity contribution in [1.82, 2.24) is 16.0 Å². The van der Waals surface area contributed by atoms with Crippen LogP contribution in [0.2, 0.25) is 0 Å². The fraction of sp³-hybridized carbons (Fsp3) is 0.682. The van der Waals surface area contributed by atoms with Crippen LogP contribution in [0.4, 0.5) is 0 Å². The Kier molecular flexibility index (Phi) is 11.1. The normalized spacial score (nSPS) is 23.0. The molecule has 2 aliphatic heterocycles. The van der Waals surface area contributed by atoms with Crippen molar-refractivity contribution >= 4 is 41.7 Å². The molecule has 0 bridgehead atoms. The molecule has 164 valence electrons. The highest BCUT2D eigenvalue weighted by Gasteiger charge is 2.34. The molecule has 2 saturated heterocycles. The van der Waals surface area contributed by atoms with Crippen LogP contribution in [0, 0.1) is 0 Å². The minimum absolute atomic E-state index is 0. The molecule has 0 spiro atoms. The summed E-state index contributed by atoms with van der Waals surface area (Å²) in [6.07, 6.45) is 4.51. The maximum absolute atomic E-state index is 5.67. The number of ether oxygens (including phenoxy) is 1. The van der Waals surface area contributed by atoms with Gasteiger partial charge in [0, 0.05) is 43.1 Å². The molecule has 0 amide bonds. The number of halogens is 1. The van der Waals surface area contributed by atoms with E-state index in [1.54, 1.807) is 0 Å². The van der Waals surface area contributed by atoms with Gasteiger partial charge in [0.15, 0.2) is 5.96 Å². The lowest BCUT2D eigenvalue weighted by Gasteiger charge is -2.39. The van der Waals surface area contributed by atoms with E-state index in [0.717, 1.165) is 45.1 Å². The third-order valence-corrected chi connectivity index (χ3v) is 6.87. The van der Waals surface area contributed by atoms with Gasteiger partial charge in [-0.05, 0) is 50.8 Å². The van der Waals surface area contributed by atoms with Crippen molar-refractivity contribution in [1.29, 1.82) is 0 Å². The topological polar surface area (TPSA) is 57.7 Å². The SMILES string of the molecule is CCNC(=NCC1(NC(C)c2ccccc2)CCOCC1)NC1CCCSC1.I. The average Bonchev–Trinajstić information content (AvgIpc) is 2.74. The van der Waals surface area contributed by atoms with E-state index in [2.05, 4.69) is 60.1 Å². The first-order valence-corrected chi connectivity index (χ1v) is 11.9. The summed E-state index contributed by atoms with van der Waals surface area (Å²) in [6, 6.07) is 11.5. The second-order valence-corrected chi connectivity index (χ2v) is 9.07. The van der Waals surface area contributed by atoms with Crippen molar-refractivity contribution in [2.45, 2.75) is 57.2 Å². The molecule has 0 saturated carbocycles. The predicted octanol–water partition coefficient (Wildman–Crippen LogP) is 3.96. The molecule has 3 N–H and O–H groups in total. The molecule has 1 aromatic carbocycles. The Hall–Kier alpha value is -0.510. The van der Waals surface area contributed by atoms with Crippen molar-refractivity contribution in [3.63, 3.8) is 0 Å². The maximum atomic E-state index is 5.67. The van der Waals surface area contributed by atoms with Gasteiger partial charge < -0.3 is 20.7 Å². The number of aliphatic imine (C=N–C) groups is 1. The number of nitrogens with zero attached hydrogens (tertiary/aromatic N) is 1. The van der Waals surface area contributed by atoms with E-state index in [-0.39, 0.29) is 29.5 Å². The van der Waals surface area contributed by atoms with Crippen LogP contribution in [0.15, 0.2) is 35.3 Å². The van der Waals surface area contributed by atoms with E-state index in [1.807, 2.05) is 11.8 Å². The smallest absolute Gasteiger partial charge is 0.191 e. The largest absolute Gasteiger partial charge is 0.381 e. The highest BCUT2D eigenvalue weighted by atomic mass is 127. The van der Waals surface area contributed by atoms with E-state index in [4.69, 9.17) is 9.73 Å². The van der Waals surface area contributed by atoms with Gasteiger partial charge in [-0.1, -0.05) is 30.3 Å². The van der Waals surface area contributed by atoms with Gasteiger partial charge in [-0.2, -0.15) is 11.8 Å². The molecule has 2 atom stereocenters. The molecule has 29 heavy (non-hydrogen) atoms. The highest BCUT2D eigenvalue weighted by molar-refractivity contribution is 14.0. The zero-order valence-electron chi connectivity index (χ0n) is 17.8. The Balaban J connectivity index is 0.00000300. The van der Waals surface area contributed by atoms with E-state index >= 15 is 0 Å². The molecule has 0 aliphatic carbocycles. The van der Waals surface area contributed by atoms with E-state index in [1.165, 1.54) is 29.9 Å². The van der Waals surface area contributed by atoms with Crippen molar-refractivity contribution < 1.29 is 4.74 Å². The summed E-state index contributed by atoms with van der Waals surface area (Å²) in [5.41, 5.74) is 1.30. The molecular formula is C22H37IN4OS. The Morgan fingerprint density at radius 3 is 2.69 bits per heavy atom. The lowest BCUT2D eigenvalue weighted by Crippen LogP contribution is -2.54. The first-order chi connectivity index (χ1) is 13.7. The molecule has 2 unspecified atom stereocenters.